The molecule has 0 radical (unpaired) electrons. The minimum atomic E-state index is -2.88. The Balaban J connectivity index is 1.04. The van der Waals surface area contributed by atoms with Crippen LogP contribution in [0.3, 0.4) is 0 Å². The van der Waals surface area contributed by atoms with Crippen molar-refractivity contribution in [1.29, 1.82) is 0 Å². The fourth-order valence-electron chi connectivity index (χ4n) is 15.5. The Hall–Kier alpha value is -4.29. The molecule has 0 aromatic heterocycles. The summed E-state index contributed by atoms with van der Waals surface area (Å²) < 4.78 is 107. The van der Waals surface area contributed by atoms with Crippen molar-refractivity contribution in [3.63, 3.8) is 0 Å². The lowest BCUT2D eigenvalue weighted by molar-refractivity contribution is -0.448. The second kappa shape index (κ2) is 42.6. The van der Waals surface area contributed by atoms with Crippen LogP contribution in [0.4, 0.5) is 0 Å². The van der Waals surface area contributed by atoms with Gasteiger partial charge in [0.25, 0.3) is 6.47 Å². The fourth-order valence-corrected chi connectivity index (χ4v) is 15.5. The van der Waals surface area contributed by atoms with Crippen LogP contribution in [-0.4, -0.2) is 488 Å². The monoisotopic (exact) mass is 1720 g/mol. The van der Waals surface area contributed by atoms with Crippen molar-refractivity contribution in [3.05, 3.63) is 0 Å². The van der Waals surface area contributed by atoms with E-state index in [9.17, 15) is 147 Å². The molecule has 0 saturated carbocycles. The van der Waals surface area contributed by atoms with Crippen LogP contribution < -0.4 is 21.3 Å². The summed E-state index contributed by atoms with van der Waals surface area (Å²) in [6, 6.07) is -6.88. The van der Waals surface area contributed by atoms with E-state index in [1.165, 1.54) is 13.8 Å². The molecule has 4 amide bonds. The highest BCUT2D eigenvalue weighted by Crippen LogP contribution is 2.43. The third-order valence-electron chi connectivity index (χ3n) is 21.9. The van der Waals surface area contributed by atoms with E-state index in [1.54, 1.807) is 0 Å². The fraction of sp³-hybridized carbons (Fsp3) is 0.925. The molecule has 28 N–H and O–H groups in total. The highest BCUT2D eigenvalue weighted by molar-refractivity contribution is 5.74. The number of ether oxygens (including phenoxy) is 18. The molecule has 51 heteroatoms. The Kier molecular flexibility index (Phi) is 35.2. The van der Waals surface area contributed by atoms with Crippen molar-refractivity contribution >= 4 is 30.1 Å². The second-order valence-corrected chi connectivity index (χ2v) is 30.1. The summed E-state index contributed by atoms with van der Waals surface area (Å²) in [6.07, 6.45) is -83.0. The van der Waals surface area contributed by atoms with Crippen LogP contribution in [0.15, 0.2) is 0 Å². The van der Waals surface area contributed by atoms with Crippen LogP contribution in [0, 0.1) is 5.92 Å². The zero-order valence-corrected chi connectivity index (χ0v) is 64.3. The van der Waals surface area contributed by atoms with Gasteiger partial charge in [-0.3, -0.25) is 24.0 Å². The van der Waals surface area contributed by atoms with E-state index in [1.807, 2.05) is 0 Å². The number of hydrogen-bond acceptors (Lipinski definition) is 47. The first-order chi connectivity index (χ1) is 55.8. The van der Waals surface area contributed by atoms with E-state index in [0.717, 1.165) is 27.7 Å². The molecular weight excluding hydrogens is 1610 g/mol. The first-order valence-electron chi connectivity index (χ1n) is 37.9. The van der Waals surface area contributed by atoms with Crippen molar-refractivity contribution in [2.75, 3.05) is 59.5 Å². The van der Waals surface area contributed by atoms with Gasteiger partial charge in [0.05, 0.1) is 90.2 Å². The summed E-state index contributed by atoms with van der Waals surface area (Å²) >= 11 is 0. The van der Waals surface area contributed by atoms with Crippen LogP contribution in [0.2, 0.25) is 0 Å². The average Bonchev–Trinajstić information content (AvgIpc) is 0.762. The minimum absolute atomic E-state index is 0.249. The molecule has 0 bridgehead atoms. The molecule has 9 heterocycles. The predicted octanol–water partition coefficient (Wildman–Crippen LogP) is -18.5. The van der Waals surface area contributed by atoms with Crippen molar-refractivity contribution in [3.8, 4) is 0 Å². The molecule has 0 aromatic carbocycles. The zero-order valence-electron chi connectivity index (χ0n) is 64.3. The number of hydrogen-bond donors (Lipinski definition) is 28. The molecule has 9 rings (SSSR count). The van der Waals surface area contributed by atoms with E-state index in [4.69, 9.17) is 85.3 Å². The van der Waals surface area contributed by atoms with Gasteiger partial charge in [0, 0.05) is 33.6 Å². The zero-order chi connectivity index (χ0) is 87.1. The quantitative estimate of drug-likeness (QED) is 0.0214. The highest BCUT2D eigenvalue weighted by Gasteiger charge is 2.62. The van der Waals surface area contributed by atoms with Crippen molar-refractivity contribution in [2.24, 2.45) is 5.92 Å². The highest BCUT2D eigenvalue weighted by atomic mass is 16.9. The van der Waals surface area contributed by atoms with Crippen molar-refractivity contribution in [1.82, 2.24) is 21.3 Å². The number of aliphatic hydroxyl groups excluding tert-OH is 24. The van der Waals surface area contributed by atoms with Crippen LogP contribution in [0.25, 0.3) is 0 Å². The molecule has 51 nitrogen and oxygen atoms in total. The lowest BCUT2D eigenvalue weighted by Crippen LogP contribution is -2.71. The van der Waals surface area contributed by atoms with Crippen LogP contribution >= 0.6 is 0 Å². The first kappa shape index (κ1) is 97.5. The van der Waals surface area contributed by atoms with Gasteiger partial charge in [-0.1, -0.05) is 6.92 Å². The third-order valence-corrected chi connectivity index (χ3v) is 21.9. The number of rotatable bonds is 33. The Morgan fingerprint density at radius 3 is 1.17 bits per heavy atom. The van der Waals surface area contributed by atoms with Crippen molar-refractivity contribution < 1.29 is 232 Å². The molecule has 9 fully saturated rings. The minimum Gasteiger partial charge on any atom is -0.410 e. The largest absolute Gasteiger partial charge is 0.410 e. The molecule has 0 spiro atoms. The molecule has 0 aliphatic carbocycles. The standard InChI is InChI=1S/C67H112N4O47/c1-18-24(85)7-67(102-17-80,117-52(18)38(87)25(86)8-72)118-57-42(91)29(12-76)105-64(51(57)100)113-55-32(15-79)109-62(37(47(55)96)71-23(6)84)116-59-49(98)41(90)28(11-75)107-66(59)114-56-43(92)33(16-101-65-58(48(97)40(89)27(10-74)106-65)115-60-35(69-21(4)82)44(93)39(88)26(9-73)104-60)110-63(50(56)99)112-54-31(14-78)108-61(36(46(54)95)70-22(5)83)111-53-30(13-77)103-19(2)34(45(53)94)68-20(3)81/h17-19,24-66,72-79,85-100H,7-16H2,1-6H3,(H,68,81)(H,69,82)(H,70,83)(H,71,84)/t18-,19+,24-,25-,26+,27?,28?,29?,30?,31?,32?,33?,34-,35?,36+,37?,38-,39-,40-,41-,42+,43-,44?,45?,46?,47-,48+,49?,50-,51?,52?,53-,54-,55-,56?,57+,58?,59?,60+,61+,62+,63+,64+,65+,66-,67+/m1/s1. The van der Waals surface area contributed by atoms with Crippen LogP contribution in [0.5, 0.6) is 0 Å². The van der Waals surface area contributed by atoms with Gasteiger partial charge < -0.3 is 229 Å². The van der Waals surface area contributed by atoms with Crippen molar-refractivity contribution in [2.45, 2.75) is 324 Å². The van der Waals surface area contributed by atoms with Gasteiger partial charge in [0.1, 0.15) is 201 Å². The van der Waals surface area contributed by atoms with E-state index in [2.05, 4.69) is 21.3 Å². The molecule has 9 aliphatic rings. The topological polar surface area (TPSA) is 785 Å². The van der Waals surface area contributed by atoms with Crippen LogP contribution in [0.1, 0.15) is 48.0 Å². The summed E-state index contributed by atoms with van der Waals surface area (Å²) in [5, 5.41) is 279. The molecule has 0 aromatic rings. The van der Waals surface area contributed by atoms with Gasteiger partial charge in [0.15, 0.2) is 44.0 Å². The second-order valence-electron chi connectivity index (χ2n) is 30.1. The summed E-state index contributed by atoms with van der Waals surface area (Å²) in [7, 11) is 0. The smallest absolute Gasteiger partial charge is 0.332 e. The van der Waals surface area contributed by atoms with Gasteiger partial charge >= 0.3 is 5.97 Å². The Bertz CT molecular complexity index is 3180. The Labute approximate surface area is 670 Å². The van der Waals surface area contributed by atoms with Gasteiger partial charge in [-0.2, -0.15) is 0 Å². The van der Waals surface area contributed by atoms with E-state index < -0.39 is 371 Å². The number of nitrogens with one attached hydrogen (secondary N) is 4. The first-order valence-corrected chi connectivity index (χ1v) is 37.9. The van der Waals surface area contributed by atoms with Gasteiger partial charge in [-0.15, -0.1) is 0 Å². The number of carbonyl (C=O) groups excluding carboxylic acids is 5. The summed E-state index contributed by atoms with van der Waals surface area (Å²) in [4.78, 5) is 63.0. The SMILES string of the molecule is CC(=O)NC1C(O)[C@H](O)[C@H](CO)O[C@H]1OC1[C@@H](OCC2O[C@@H](O[C@@H]3C(CO)O[C@@H](O[C@@H]4C(CO)O[C@@H](C)[C@@H](NC(C)=O)C4O)[C@@H](NC(C)=O)C3O)[C@H](O)C(O[C@H]3OC(CO)[C@@H](O)C(O)C3O[C@@H]3OC(CO)[C@@H](O[C@@H]4OC(CO)[C@H](O)[C@H](O[C@]5(OC=O)C[C@@H](O)[C@@H](C)C([C@H](O)[C@H](O)CO)O5)C4O)[C@H](O)C3NC(C)=O)[C@@H]2O)OC(CO)[C@@H](O)[C@@H]1O. The number of amides is 4. The average molecular weight is 1730 g/mol. The maximum Gasteiger partial charge on any atom is 0.332 e. The van der Waals surface area contributed by atoms with E-state index >= 15 is 0 Å². The molecular formula is C67H112N4O47. The molecule has 46 atom stereocenters. The normalized spacial score (nSPS) is 47.5. The summed E-state index contributed by atoms with van der Waals surface area (Å²) in [5.41, 5.74) is 0. The third kappa shape index (κ3) is 21.6. The summed E-state index contributed by atoms with van der Waals surface area (Å²) in [5.74, 6) is -7.38. The Morgan fingerprint density at radius 1 is 0.381 bits per heavy atom. The number of carbonyl (C=O) groups is 5. The summed E-state index contributed by atoms with van der Waals surface area (Å²) in [6.45, 7) is -3.32. The van der Waals surface area contributed by atoms with E-state index in [0.29, 0.717) is 0 Å². The van der Waals surface area contributed by atoms with Gasteiger partial charge in [-0.05, 0) is 6.92 Å². The predicted molar refractivity (Wildman–Crippen MR) is 367 cm³/mol. The molecule has 118 heavy (non-hydrogen) atoms. The lowest BCUT2D eigenvalue weighted by Gasteiger charge is -2.51. The van der Waals surface area contributed by atoms with Gasteiger partial charge in [0.2, 0.25) is 23.6 Å². The molecule has 9 aliphatic heterocycles. The van der Waals surface area contributed by atoms with E-state index in [-0.39, 0.29) is 6.47 Å². The molecule has 9 saturated heterocycles. The number of aliphatic hydroxyl groups is 24. The van der Waals surface area contributed by atoms with Gasteiger partial charge in [-0.25, -0.2) is 0 Å². The maximum atomic E-state index is 13.2. The van der Waals surface area contributed by atoms with Crippen LogP contribution in [-0.2, 0) is 109 Å². The lowest BCUT2D eigenvalue weighted by atomic mass is 9.87. The maximum absolute atomic E-state index is 13.2. The molecule has 18 unspecified atom stereocenters. The Morgan fingerprint density at radius 2 is 0.720 bits per heavy atom. The molecule has 682 valence electrons.